The molecule has 5 atom stereocenters. The lowest BCUT2D eigenvalue weighted by molar-refractivity contribution is -0.161. The standard InChI is InChI=1S/C79H140O17P2/c1-5-9-13-17-21-25-29-33-36-40-43-47-51-55-59-63-76(81)89-69-74(95-78(83)65-61-57-53-49-45-39-32-28-24-20-16-12-8-4)71-93-97(85,86)91-67-73(80)68-92-98(87,88)94-72-75(96-79(84)66-62-58-54-50-46-42-38-35-31-27-23-19-15-11-7-3)70-90-77(82)64-60-56-52-48-44-41-37-34-30-26-22-18-14-10-6-2/h10-11,14-15,22-23,26-27,34-35,37-38,44,48,73-75,80H,5-9,12-13,16-21,24-25,28-33,36,39-43,45-47,49-72H2,1-4H3,(H,85,86)(H,87,88)/b14-10-,15-11-,26-22-,27-23-,37-34-,38-35-,48-44-. The molecule has 0 fully saturated rings. The molecule has 568 valence electrons. The highest BCUT2D eigenvalue weighted by atomic mass is 31.2. The highest BCUT2D eigenvalue weighted by Crippen LogP contribution is 2.45. The van der Waals surface area contributed by atoms with Gasteiger partial charge in [0, 0.05) is 25.7 Å². The van der Waals surface area contributed by atoms with Crippen molar-refractivity contribution in [2.24, 2.45) is 0 Å². The Morgan fingerprint density at radius 2 is 0.531 bits per heavy atom. The number of carbonyl (C=O) groups is 4. The first kappa shape index (κ1) is 94.2. The van der Waals surface area contributed by atoms with Crippen LogP contribution >= 0.6 is 15.6 Å². The number of allylic oxidation sites excluding steroid dienone is 14. The SMILES string of the molecule is CC/C=C\C/C=C\C/C=C\C/C=C\CCCCC(=O)OCC(COP(=O)(O)OCC(O)COP(=O)(O)OCC(COC(=O)CCCCCCCCCCCCCCCCC)OC(=O)CCCCCCCCCCCCCCC)OC(=O)CCCCCCC/C=C\C/C=C\C/C=C\CC. The van der Waals surface area contributed by atoms with Crippen molar-refractivity contribution in [3.63, 3.8) is 0 Å². The molecule has 0 heterocycles. The fourth-order valence-electron chi connectivity index (χ4n) is 10.5. The van der Waals surface area contributed by atoms with Crippen molar-refractivity contribution in [3.05, 3.63) is 85.1 Å². The molecule has 0 aromatic heterocycles. The van der Waals surface area contributed by atoms with E-state index >= 15 is 0 Å². The van der Waals surface area contributed by atoms with Crippen LogP contribution in [0.2, 0.25) is 0 Å². The smallest absolute Gasteiger partial charge is 0.462 e. The monoisotopic (exact) mass is 1420 g/mol. The molecule has 0 saturated carbocycles. The van der Waals surface area contributed by atoms with Crippen molar-refractivity contribution in [1.29, 1.82) is 0 Å². The van der Waals surface area contributed by atoms with Crippen molar-refractivity contribution in [2.45, 2.75) is 354 Å². The number of esters is 4. The van der Waals surface area contributed by atoms with Gasteiger partial charge in [0.1, 0.15) is 19.3 Å². The molecule has 0 aromatic carbocycles. The van der Waals surface area contributed by atoms with Crippen LogP contribution < -0.4 is 0 Å². The summed E-state index contributed by atoms with van der Waals surface area (Å²) in [4.78, 5) is 72.9. The predicted octanol–water partition coefficient (Wildman–Crippen LogP) is 22.2. The highest BCUT2D eigenvalue weighted by molar-refractivity contribution is 7.47. The third-order valence-corrected chi connectivity index (χ3v) is 18.3. The third kappa shape index (κ3) is 70.7. The van der Waals surface area contributed by atoms with E-state index in [1.165, 1.54) is 122 Å². The molecular weight excluding hydrogens is 1280 g/mol. The summed E-state index contributed by atoms with van der Waals surface area (Å²) in [5.74, 6) is -2.22. The number of phosphoric acid groups is 2. The van der Waals surface area contributed by atoms with E-state index < -0.39 is 97.5 Å². The molecule has 5 unspecified atom stereocenters. The number of aliphatic hydroxyl groups excluding tert-OH is 1. The Hall–Kier alpha value is -3.76. The van der Waals surface area contributed by atoms with Crippen molar-refractivity contribution in [3.8, 4) is 0 Å². The van der Waals surface area contributed by atoms with Crippen LogP contribution in [0.3, 0.4) is 0 Å². The maximum Gasteiger partial charge on any atom is 0.472 e. The maximum atomic E-state index is 13.1. The molecule has 19 heteroatoms. The van der Waals surface area contributed by atoms with Crippen molar-refractivity contribution in [2.75, 3.05) is 39.6 Å². The minimum Gasteiger partial charge on any atom is -0.462 e. The molecule has 0 aliphatic carbocycles. The van der Waals surface area contributed by atoms with Crippen molar-refractivity contribution in [1.82, 2.24) is 0 Å². The van der Waals surface area contributed by atoms with Crippen LogP contribution in [0, 0.1) is 0 Å². The quantitative estimate of drug-likeness (QED) is 0.0169. The van der Waals surface area contributed by atoms with Crippen LogP contribution in [0.15, 0.2) is 85.1 Å². The van der Waals surface area contributed by atoms with Crippen LogP contribution in [-0.2, 0) is 65.4 Å². The van der Waals surface area contributed by atoms with Crippen LogP contribution in [0.4, 0.5) is 0 Å². The summed E-state index contributed by atoms with van der Waals surface area (Å²) in [6.45, 7) is 4.63. The number of rotatable bonds is 73. The summed E-state index contributed by atoms with van der Waals surface area (Å²) >= 11 is 0. The molecule has 0 aliphatic heterocycles. The third-order valence-electron chi connectivity index (χ3n) is 16.4. The first-order valence-corrected chi connectivity index (χ1v) is 41.8. The van der Waals surface area contributed by atoms with Crippen LogP contribution in [0.5, 0.6) is 0 Å². The second-order valence-electron chi connectivity index (χ2n) is 25.9. The number of ether oxygens (including phenoxy) is 4. The summed E-state index contributed by atoms with van der Waals surface area (Å²) in [7, 11) is -9.95. The second kappa shape index (κ2) is 71.6. The first-order chi connectivity index (χ1) is 47.7. The number of unbranched alkanes of at least 4 members (excludes halogenated alkanes) is 33. The van der Waals surface area contributed by atoms with E-state index in [-0.39, 0.29) is 25.7 Å². The largest absolute Gasteiger partial charge is 0.472 e. The van der Waals surface area contributed by atoms with E-state index in [0.29, 0.717) is 25.7 Å². The minimum absolute atomic E-state index is 0.0672. The molecule has 98 heavy (non-hydrogen) atoms. The van der Waals surface area contributed by atoms with E-state index in [0.717, 1.165) is 135 Å². The second-order valence-corrected chi connectivity index (χ2v) is 28.8. The number of phosphoric ester groups is 2. The van der Waals surface area contributed by atoms with E-state index in [1.54, 1.807) is 0 Å². The molecule has 0 amide bonds. The number of hydrogen-bond donors (Lipinski definition) is 3. The van der Waals surface area contributed by atoms with E-state index in [4.69, 9.17) is 37.0 Å². The Bertz CT molecular complexity index is 2190. The molecule has 0 rings (SSSR count). The topological polar surface area (TPSA) is 237 Å². The Morgan fingerprint density at radius 1 is 0.296 bits per heavy atom. The molecule has 3 N–H and O–H groups in total. The maximum absolute atomic E-state index is 13.1. The summed E-state index contributed by atoms with van der Waals surface area (Å²) in [6.07, 6.45) is 72.9. The highest BCUT2D eigenvalue weighted by Gasteiger charge is 2.30. The zero-order valence-electron chi connectivity index (χ0n) is 62.0. The first-order valence-electron chi connectivity index (χ1n) is 38.8. The summed E-state index contributed by atoms with van der Waals surface area (Å²) < 4.78 is 68.5. The van der Waals surface area contributed by atoms with E-state index in [1.807, 2.05) is 0 Å². The zero-order chi connectivity index (χ0) is 71.8. The molecule has 0 bridgehead atoms. The number of aliphatic hydroxyl groups is 1. The van der Waals surface area contributed by atoms with Crippen molar-refractivity contribution >= 4 is 39.5 Å². The molecule has 0 saturated heterocycles. The van der Waals surface area contributed by atoms with Gasteiger partial charge in [-0.1, -0.05) is 299 Å². The van der Waals surface area contributed by atoms with Gasteiger partial charge in [-0.25, -0.2) is 9.13 Å². The van der Waals surface area contributed by atoms with E-state index in [2.05, 4.69) is 113 Å². The lowest BCUT2D eigenvalue weighted by Gasteiger charge is -2.21. The number of hydrogen-bond acceptors (Lipinski definition) is 15. The van der Waals surface area contributed by atoms with E-state index in [9.17, 15) is 43.2 Å². The Kier molecular flexibility index (Phi) is 68.9. The lowest BCUT2D eigenvalue weighted by Crippen LogP contribution is -2.30. The molecule has 0 spiro atoms. The summed E-state index contributed by atoms with van der Waals surface area (Å²) in [5.41, 5.74) is 0. The Labute approximate surface area is 595 Å². The fourth-order valence-corrected chi connectivity index (χ4v) is 12.1. The average molecular weight is 1420 g/mol. The zero-order valence-corrected chi connectivity index (χ0v) is 63.7. The van der Waals surface area contributed by atoms with Gasteiger partial charge in [0.15, 0.2) is 12.2 Å². The molecule has 0 radical (unpaired) electrons. The van der Waals surface area contributed by atoms with Gasteiger partial charge in [-0.3, -0.25) is 37.3 Å². The van der Waals surface area contributed by atoms with Crippen LogP contribution in [0.1, 0.15) is 336 Å². The van der Waals surface area contributed by atoms with Gasteiger partial charge in [0.25, 0.3) is 0 Å². The molecular formula is C79H140O17P2. The molecule has 0 aliphatic rings. The summed E-state index contributed by atoms with van der Waals surface area (Å²) in [6, 6.07) is 0. The van der Waals surface area contributed by atoms with Gasteiger partial charge >= 0.3 is 39.5 Å². The van der Waals surface area contributed by atoms with Gasteiger partial charge in [-0.15, -0.1) is 0 Å². The average Bonchev–Trinajstić information content (AvgIpc) is 1.04. The fraction of sp³-hybridized carbons (Fsp3) is 0.772. The minimum atomic E-state index is -4.98. The van der Waals surface area contributed by atoms with Gasteiger partial charge < -0.3 is 33.8 Å². The predicted molar refractivity (Wildman–Crippen MR) is 399 cm³/mol. The summed E-state index contributed by atoms with van der Waals surface area (Å²) in [5, 5.41) is 10.6. The van der Waals surface area contributed by atoms with Gasteiger partial charge in [-0.05, 0) is 96.3 Å². The molecule has 17 nitrogen and oxygen atoms in total. The normalized spacial score (nSPS) is 14.4. The van der Waals surface area contributed by atoms with Gasteiger partial charge in [0.05, 0.1) is 26.4 Å². The van der Waals surface area contributed by atoms with Crippen LogP contribution in [0.25, 0.3) is 0 Å². The number of carbonyl (C=O) groups excluding carboxylic acids is 4. The van der Waals surface area contributed by atoms with Gasteiger partial charge in [-0.2, -0.15) is 0 Å². The van der Waals surface area contributed by atoms with Gasteiger partial charge in [0.2, 0.25) is 0 Å². The Morgan fingerprint density at radius 3 is 0.837 bits per heavy atom. The Balaban J connectivity index is 5.36. The molecule has 0 aromatic rings. The van der Waals surface area contributed by atoms with Crippen LogP contribution in [-0.4, -0.2) is 96.7 Å². The van der Waals surface area contributed by atoms with Crippen molar-refractivity contribution < 1.29 is 80.2 Å². The lowest BCUT2D eigenvalue weighted by atomic mass is 10.0.